The van der Waals surface area contributed by atoms with E-state index in [4.69, 9.17) is 5.73 Å². The molecular weight excluding hydrogens is 440 g/mol. The zero-order valence-electron chi connectivity index (χ0n) is 21.0. The molecule has 0 fully saturated rings. The SMILES string of the molecule is CCCCCC[N+](=C=O)N(C(N)=O)C(=O)N([N+](=C=O)CCCCCC)[N+](=C=O)CCCCCC. The number of carbonyl (C=O) groups excluding carboxylic acids is 5. The molecule has 0 aromatic rings. The fourth-order valence-electron chi connectivity index (χ4n) is 3.35. The lowest BCUT2D eigenvalue weighted by atomic mass is 10.2. The van der Waals surface area contributed by atoms with Gasteiger partial charge in [-0.05, 0) is 23.9 Å². The van der Waals surface area contributed by atoms with Crippen LogP contribution in [0.5, 0.6) is 0 Å². The molecule has 190 valence electrons. The van der Waals surface area contributed by atoms with Crippen LogP contribution in [0.15, 0.2) is 0 Å². The van der Waals surface area contributed by atoms with Gasteiger partial charge in [-0.2, -0.15) is 14.4 Å². The molecule has 11 heteroatoms. The third-order valence-corrected chi connectivity index (χ3v) is 5.25. The fraction of sp³-hybridized carbons (Fsp3) is 0.783. The second kappa shape index (κ2) is 19.4. The van der Waals surface area contributed by atoms with Gasteiger partial charge in [0.25, 0.3) is 0 Å². The largest absolute Gasteiger partial charge is 0.505 e. The first-order valence-corrected chi connectivity index (χ1v) is 12.3. The van der Waals surface area contributed by atoms with Gasteiger partial charge in [0, 0.05) is 33.6 Å². The standard InChI is InChI=1S/C23H40N6O5/c1-4-7-10-13-16-25(19-30)28(22(24)33)23(34)29(26(20-31)17-14-11-8-5-2)27(21-32)18-15-12-9-6-3/h4-18H2,1-3H3,(H-,24,33)/q+2/p+1. The van der Waals surface area contributed by atoms with E-state index in [0.717, 1.165) is 71.8 Å². The van der Waals surface area contributed by atoms with Crippen LogP contribution in [0.3, 0.4) is 0 Å². The summed E-state index contributed by atoms with van der Waals surface area (Å²) in [6.45, 7) is 6.28. The summed E-state index contributed by atoms with van der Waals surface area (Å²) in [6.07, 6.45) is 14.5. The number of nitrogens with zero attached hydrogens (tertiary/aromatic N) is 5. The Hall–Kier alpha value is -3.12. The van der Waals surface area contributed by atoms with Gasteiger partial charge in [-0.3, -0.25) is 0 Å². The molecule has 2 N–H and O–H groups in total. The number of urea groups is 2. The van der Waals surface area contributed by atoms with Crippen LogP contribution in [0.2, 0.25) is 0 Å². The number of hydrazine groups is 3. The van der Waals surface area contributed by atoms with Crippen molar-refractivity contribution in [2.75, 3.05) is 19.6 Å². The van der Waals surface area contributed by atoms with Crippen LogP contribution >= 0.6 is 0 Å². The van der Waals surface area contributed by atoms with E-state index in [0.29, 0.717) is 29.4 Å². The number of amides is 4. The maximum absolute atomic E-state index is 13.4. The van der Waals surface area contributed by atoms with E-state index in [1.807, 2.05) is 20.8 Å². The van der Waals surface area contributed by atoms with Crippen LogP contribution in [-0.4, -0.2) is 74.1 Å². The van der Waals surface area contributed by atoms with Crippen molar-refractivity contribution in [1.29, 1.82) is 0 Å². The van der Waals surface area contributed by atoms with Crippen molar-refractivity contribution >= 4 is 30.3 Å². The Labute approximate surface area is 202 Å². The number of hydrogen-bond acceptors (Lipinski definition) is 5. The first kappa shape index (κ1) is 30.9. The molecule has 0 aliphatic rings. The van der Waals surface area contributed by atoms with Crippen molar-refractivity contribution in [2.24, 2.45) is 5.73 Å². The number of nitrogens with two attached hydrogens (primary N) is 1. The van der Waals surface area contributed by atoms with Crippen molar-refractivity contribution in [2.45, 2.75) is 97.8 Å². The Morgan fingerprint density at radius 2 is 0.971 bits per heavy atom. The van der Waals surface area contributed by atoms with E-state index >= 15 is 0 Å². The van der Waals surface area contributed by atoms with E-state index in [2.05, 4.69) is 0 Å². The highest BCUT2D eigenvalue weighted by Crippen LogP contribution is 2.08. The fourth-order valence-corrected chi connectivity index (χ4v) is 3.35. The van der Waals surface area contributed by atoms with Gasteiger partial charge in [0.1, 0.15) is 0 Å². The predicted octanol–water partition coefficient (Wildman–Crippen LogP) is 3.32. The van der Waals surface area contributed by atoms with Crippen LogP contribution < -0.4 is 5.73 Å². The van der Waals surface area contributed by atoms with E-state index < -0.39 is 12.1 Å². The van der Waals surface area contributed by atoms with Gasteiger partial charge in [-0.25, -0.2) is 9.59 Å². The highest BCUT2D eigenvalue weighted by atomic mass is 16.2. The van der Waals surface area contributed by atoms with Gasteiger partial charge >= 0.3 is 30.3 Å². The molecule has 0 radical (unpaired) electrons. The van der Waals surface area contributed by atoms with Gasteiger partial charge in [0.2, 0.25) is 0 Å². The minimum absolute atomic E-state index is 0.0224. The minimum Gasteiger partial charge on any atom is -0.347 e. The Morgan fingerprint density at radius 3 is 1.26 bits per heavy atom. The number of hydrogen-bond donors (Lipinski definition) is 1. The average molecular weight is 482 g/mol. The second-order valence-electron chi connectivity index (χ2n) is 8.05. The van der Waals surface area contributed by atoms with E-state index in [1.165, 1.54) is 0 Å². The molecule has 34 heavy (non-hydrogen) atoms. The van der Waals surface area contributed by atoms with Gasteiger partial charge in [-0.1, -0.05) is 59.3 Å². The van der Waals surface area contributed by atoms with Crippen LogP contribution in [0, 0.1) is 0 Å². The van der Waals surface area contributed by atoms with Gasteiger partial charge in [0.15, 0.2) is 24.8 Å². The Morgan fingerprint density at radius 1 is 0.618 bits per heavy atom. The first-order chi connectivity index (χ1) is 16.4. The summed E-state index contributed by atoms with van der Waals surface area (Å²) in [6, 6.07) is -2.38. The smallest absolute Gasteiger partial charge is 0.347 e. The van der Waals surface area contributed by atoms with Gasteiger partial charge in [-0.15, -0.1) is 0 Å². The number of unbranched alkanes of at least 4 members (excludes halogenated alkanes) is 9. The lowest BCUT2D eigenvalue weighted by Gasteiger charge is -2.15. The number of isocyanates is 3. The molecule has 0 unspecified atom stereocenters. The third kappa shape index (κ3) is 11.1. The Bertz CT molecular complexity index is 762. The van der Waals surface area contributed by atoms with Crippen LogP contribution in [0.25, 0.3) is 0 Å². The van der Waals surface area contributed by atoms with E-state index in [1.54, 1.807) is 18.2 Å². The van der Waals surface area contributed by atoms with Crippen molar-refractivity contribution in [1.82, 2.24) is 10.1 Å². The molecule has 0 saturated heterocycles. The summed E-state index contributed by atoms with van der Waals surface area (Å²) in [5.41, 5.74) is 5.43. The van der Waals surface area contributed by atoms with Crippen molar-refractivity contribution < 1.29 is 38.0 Å². The average Bonchev–Trinajstić information content (AvgIpc) is 2.83. The summed E-state index contributed by atoms with van der Waals surface area (Å²) >= 11 is 0. The number of primary amides is 1. The highest BCUT2D eigenvalue weighted by Gasteiger charge is 2.48. The molecule has 0 bridgehead atoms. The topological polar surface area (TPSA) is 127 Å². The van der Waals surface area contributed by atoms with E-state index in [9.17, 15) is 24.0 Å². The minimum atomic E-state index is -1.23. The molecule has 0 saturated carbocycles. The van der Waals surface area contributed by atoms with Crippen LogP contribution in [0.1, 0.15) is 97.8 Å². The predicted molar refractivity (Wildman–Crippen MR) is 124 cm³/mol. The summed E-state index contributed by atoms with van der Waals surface area (Å²) in [4.78, 5) is 60.9. The molecule has 11 nitrogen and oxygen atoms in total. The summed E-state index contributed by atoms with van der Waals surface area (Å²) in [5.74, 6) is 0. The maximum atomic E-state index is 13.4. The normalized spacial score (nSPS) is 9.97. The molecule has 0 spiro atoms. The van der Waals surface area contributed by atoms with Crippen molar-refractivity contribution in [3.05, 3.63) is 0 Å². The lowest BCUT2D eigenvalue weighted by Crippen LogP contribution is -2.58. The maximum Gasteiger partial charge on any atom is 0.505 e. The summed E-state index contributed by atoms with van der Waals surface area (Å²) in [5, 5.41) is 1.09. The number of rotatable bonds is 18. The molecule has 0 aliphatic heterocycles. The van der Waals surface area contributed by atoms with Gasteiger partial charge in [0.05, 0.1) is 0 Å². The Kier molecular flexibility index (Phi) is 17.6. The van der Waals surface area contributed by atoms with Crippen molar-refractivity contribution in [3.8, 4) is 0 Å². The van der Waals surface area contributed by atoms with Crippen LogP contribution in [0.4, 0.5) is 9.59 Å². The van der Waals surface area contributed by atoms with E-state index in [-0.39, 0.29) is 19.6 Å². The van der Waals surface area contributed by atoms with Crippen molar-refractivity contribution in [3.63, 3.8) is 0 Å². The number of hydrazone groups is 3. The molecule has 0 aromatic heterocycles. The zero-order chi connectivity index (χ0) is 25.8. The lowest BCUT2D eigenvalue weighted by molar-refractivity contribution is -0.913. The number of imide groups is 1. The van der Waals surface area contributed by atoms with Gasteiger partial charge < -0.3 is 5.73 Å². The zero-order valence-corrected chi connectivity index (χ0v) is 21.0. The molecule has 0 rings (SSSR count). The molecule has 0 atom stereocenters. The van der Waals surface area contributed by atoms with Crippen LogP contribution in [-0.2, 0) is 14.4 Å². The summed E-state index contributed by atoms with van der Waals surface area (Å²) < 4.78 is 2.52. The Balaban J connectivity index is 6.05. The molecular formula is C23H41N6O5+3. The summed E-state index contributed by atoms with van der Waals surface area (Å²) in [7, 11) is 0. The number of carbonyl (C=O) groups is 2. The highest BCUT2D eigenvalue weighted by molar-refractivity contribution is 5.90. The first-order valence-electron chi connectivity index (χ1n) is 12.3. The molecule has 0 heterocycles. The third-order valence-electron chi connectivity index (χ3n) is 5.25. The second-order valence-corrected chi connectivity index (χ2v) is 8.05. The molecule has 0 aliphatic carbocycles. The molecule has 4 amide bonds. The molecule has 0 aromatic carbocycles. The quantitative estimate of drug-likeness (QED) is 0.106. The monoisotopic (exact) mass is 481 g/mol.